The van der Waals surface area contributed by atoms with Crippen LogP contribution in [-0.2, 0) is 0 Å². The number of nitrogens with one attached hydrogen (secondary N) is 1. The summed E-state index contributed by atoms with van der Waals surface area (Å²) in [4.78, 5) is 8.69. The van der Waals surface area contributed by atoms with Crippen LogP contribution in [0, 0.1) is 0 Å². The van der Waals surface area contributed by atoms with E-state index < -0.39 is 0 Å². The van der Waals surface area contributed by atoms with Gasteiger partial charge in [-0.2, -0.15) is 0 Å². The Morgan fingerprint density at radius 3 is 2.68 bits per heavy atom. The summed E-state index contributed by atoms with van der Waals surface area (Å²) in [6.45, 7) is 1.03. The smallest absolute Gasteiger partial charge is 0.164 e. The molecule has 5 heteroatoms. The van der Waals surface area contributed by atoms with Crippen molar-refractivity contribution >= 4 is 11.6 Å². The van der Waals surface area contributed by atoms with Gasteiger partial charge in [-0.15, -0.1) is 0 Å². The predicted octanol–water partition coefficient (Wildman–Crippen LogP) is 3.35. The minimum atomic E-state index is 0.273. The van der Waals surface area contributed by atoms with Crippen LogP contribution in [0.2, 0.25) is 5.02 Å². The summed E-state index contributed by atoms with van der Waals surface area (Å²) in [7, 11) is 0. The summed E-state index contributed by atoms with van der Waals surface area (Å²) >= 11 is 6.03. The van der Waals surface area contributed by atoms with Crippen molar-refractivity contribution < 1.29 is 4.74 Å². The topological polar surface area (TPSA) is 47.0 Å². The SMILES string of the molecule is Clc1ccccc1Oc1cnc(C2CCCN2)nc1. The van der Waals surface area contributed by atoms with Crippen molar-refractivity contribution in [2.75, 3.05) is 6.54 Å². The van der Waals surface area contributed by atoms with E-state index in [1.54, 1.807) is 18.5 Å². The first-order valence-electron chi connectivity index (χ1n) is 6.30. The Morgan fingerprint density at radius 1 is 1.21 bits per heavy atom. The summed E-state index contributed by atoms with van der Waals surface area (Å²) in [6.07, 6.45) is 5.63. The molecule has 1 saturated heterocycles. The van der Waals surface area contributed by atoms with Crippen LogP contribution in [0.1, 0.15) is 24.7 Å². The van der Waals surface area contributed by atoms with E-state index in [1.807, 2.05) is 18.2 Å². The number of hydrogen-bond donors (Lipinski definition) is 1. The first kappa shape index (κ1) is 12.4. The van der Waals surface area contributed by atoms with Gasteiger partial charge in [0, 0.05) is 0 Å². The second kappa shape index (κ2) is 5.55. The fraction of sp³-hybridized carbons (Fsp3) is 0.286. The molecule has 2 aromatic rings. The highest BCUT2D eigenvalue weighted by Gasteiger charge is 2.18. The molecule has 1 N–H and O–H groups in total. The van der Waals surface area contributed by atoms with Crippen LogP contribution in [0.3, 0.4) is 0 Å². The molecule has 1 aliphatic rings. The van der Waals surface area contributed by atoms with Crippen LogP contribution >= 0.6 is 11.6 Å². The van der Waals surface area contributed by atoms with Gasteiger partial charge in [0.15, 0.2) is 5.75 Å². The number of para-hydroxylation sites is 1. The van der Waals surface area contributed by atoms with Crippen molar-refractivity contribution in [3.8, 4) is 11.5 Å². The third-order valence-electron chi connectivity index (χ3n) is 3.08. The van der Waals surface area contributed by atoms with E-state index in [4.69, 9.17) is 16.3 Å². The number of aromatic nitrogens is 2. The number of halogens is 1. The molecule has 1 aliphatic heterocycles. The van der Waals surface area contributed by atoms with Gasteiger partial charge in [-0.25, -0.2) is 9.97 Å². The van der Waals surface area contributed by atoms with Crippen molar-refractivity contribution in [1.29, 1.82) is 0 Å². The zero-order chi connectivity index (χ0) is 13.1. The highest BCUT2D eigenvalue weighted by atomic mass is 35.5. The summed E-state index contributed by atoms with van der Waals surface area (Å²) in [6, 6.07) is 7.61. The molecule has 2 heterocycles. The van der Waals surface area contributed by atoms with Crippen LogP contribution in [0.25, 0.3) is 0 Å². The molecule has 19 heavy (non-hydrogen) atoms. The van der Waals surface area contributed by atoms with Gasteiger partial charge in [0.2, 0.25) is 0 Å². The molecule has 0 bridgehead atoms. The maximum atomic E-state index is 6.03. The van der Waals surface area contributed by atoms with Crippen LogP contribution < -0.4 is 10.1 Å². The van der Waals surface area contributed by atoms with E-state index in [2.05, 4.69) is 15.3 Å². The molecule has 1 fully saturated rings. The second-order valence-electron chi connectivity index (χ2n) is 4.46. The van der Waals surface area contributed by atoms with Gasteiger partial charge in [-0.3, -0.25) is 0 Å². The summed E-state index contributed by atoms with van der Waals surface area (Å²) < 4.78 is 5.65. The Labute approximate surface area is 116 Å². The maximum Gasteiger partial charge on any atom is 0.164 e. The zero-order valence-corrected chi connectivity index (χ0v) is 11.1. The Balaban J connectivity index is 1.74. The lowest BCUT2D eigenvalue weighted by Gasteiger charge is -2.10. The highest BCUT2D eigenvalue weighted by Crippen LogP contribution is 2.28. The molecule has 98 valence electrons. The first-order valence-corrected chi connectivity index (χ1v) is 6.68. The lowest BCUT2D eigenvalue weighted by Crippen LogP contribution is -2.15. The maximum absolute atomic E-state index is 6.03. The number of nitrogens with zero attached hydrogens (tertiary/aromatic N) is 2. The molecule has 0 amide bonds. The second-order valence-corrected chi connectivity index (χ2v) is 4.87. The van der Waals surface area contributed by atoms with Crippen LogP contribution in [-0.4, -0.2) is 16.5 Å². The fourth-order valence-electron chi connectivity index (χ4n) is 2.12. The van der Waals surface area contributed by atoms with Gasteiger partial charge < -0.3 is 10.1 Å². The van der Waals surface area contributed by atoms with Crippen molar-refractivity contribution in [3.63, 3.8) is 0 Å². The monoisotopic (exact) mass is 275 g/mol. The molecule has 0 spiro atoms. The van der Waals surface area contributed by atoms with Crippen LogP contribution in [0.15, 0.2) is 36.7 Å². The first-order chi connectivity index (χ1) is 9.33. The van der Waals surface area contributed by atoms with Crippen molar-refractivity contribution in [3.05, 3.63) is 47.5 Å². The van der Waals surface area contributed by atoms with Gasteiger partial charge in [-0.1, -0.05) is 23.7 Å². The van der Waals surface area contributed by atoms with E-state index >= 15 is 0 Å². The number of benzene rings is 1. The molecule has 1 aromatic heterocycles. The number of ether oxygens (including phenoxy) is 1. The van der Waals surface area contributed by atoms with E-state index in [0.717, 1.165) is 18.8 Å². The Bertz CT molecular complexity index is 553. The average molecular weight is 276 g/mol. The van der Waals surface area contributed by atoms with Crippen molar-refractivity contribution in [1.82, 2.24) is 15.3 Å². The van der Waals surface area contributed by atoms with Gasteiger partial charge in [0.1, 0.15) is 11.6 Å². The predicted molar refractivity (Wildman–Crippen MR) is 73.5 cm³/mol. The van der Waals surface area contributed by atoms with Crippen molar-refractivity contribution in [2.24, 2.45) is 0 Å². The third-order valence-corrected chi connectivity index (χ3v) is 3.40. The normalized spacial score (nSPS) is 18.5. The third kappa shape index (κ3) is 2.85. The summed E-state index contributed by atoms with van der Waals surface area (Å²) in [5, 5.41) is 3.94. The Hall–Kier alpha value is -1.65. The number of rotatable bonds is 3. The Kier molecular flexibility index (Phi) is 3.62. The minimum Gasteiger partial charge on any atom is -0.453 e. The molecule has 0 saturated carbocycles. The van der Waals surface area contributed by atoms with E-state index in [1.165, 1.54) is 6.42 Å². The molecular weight excluding hydrogens is 262 g/mol. The lowest BCUT2D eigenvalue weighted by molar-refractivity contribution is 0.474. The number of hydrogen-bond acceptors (Lipinski definition) is 4. The quantitative estimate of drug-likeness (QED) is 0.933. The molecule has 1 aromatic carbocycles. The molecule has 4 nitrogen and oxygen atoms in total. The molecule has 1 unspecified atom stereocenters. The zero-order valence-electron chi connectivity index (χ0n) is 10.3. The molecule has 1 atom stereocenters. The van der Waals surface area contributed by atoms with E-state index in [9.17, 15) is 0 Å². The molecule has 0 aliphatic carbocycles. The summed E-state index contributed by atoms with van der Waals surface area (Å²) in [5.41, 5.74) is 0. The molecule has 3 rings (SSSR count). The van der Waals surface area contributed by atoms with Crippen LogP contribution in [0.4, 0.5) is 0 Å². The standard InChI is InChI=1S/C14H14ClN3O/c15-11-4-1-2-6-13(11)19-10-8-17-14(18-9-10)12-5-3-7-16-12/h1-2,4,6,8-9,12,16H,3,5,7H2. The summed E-state index contributed by atoms with van der Waals surface area (Å²) in [5.74, 6) is 2.03. The average Bonchev–Trinajstić information content (AvgIpc) is 2.96. The highest BCUT2D eigenvalue weighted by molar-refractivity contribution is 6.32. The molecular formula is C14H14ClN3O. The van der Waals surface area contributed by atoms with Gasteiger partial charge in [-0.05, 0) is 31.5 Å². The van der Waals surface area contributed by atoms with Gasteiger partial charge >= 0.3 is 0 Å². The minimum absolute atomic E-state index is 0.273. The van der Waals surface area contributed by atoms with E-state index in [0.29, 0.717) is 16.5 Å². The Morgan fingerprint density at radius 2 is 2.00 bits per heavy atom. The molecule has 0 radical (unpaired) electrons. The van der Waals surface area contributed by atoms with Crippen LogP contribution in [0.5, 0.6) is 11.5 Å². The van der Waals surface area contributed by atoms with Gasteiger partial charge in [0.25, 0.3) is 0 Å². The van der Waals surface area contributed by atoms with Gasteiger partial charge in [0.05, 0.1) is 23.5 Å². The van der Waals surface area contributed by atoms with Crippen molar-refractivity contribution in [2.45, 2.75) is 18.9 Å². The lowest BCUT2D eigenvalue weighted by atomic mass is 10.2. The largest absolute Gasteiger partial charge is 0.453 e. The van der Waals surface area contributed by atoms with E-state index in [-0.39, 0.29) is 6.04 Å². The fourth-order valence-corrected chi connectivity index (χ4v) is 2.29.